The van der Waals surface area contributed by atoms with Crippen LogP contribution in [-0.4, -0.2) is 35.7 Å². The molecule has 0 saturated carbocycles. The average molecular weight is 364 g/mol. The van der Waals surface area contributed by atoms with Crippen molar-refractivity contribution >= 4 is 10.0 Å². The predicted octanol–water partition coefficient (Wildman–Crippen LogP) is 1.91. The van der Waals surface area contributed by atoms with E-state index in [0.717, 1.165) is 11.1 Å². The van der Waals surface area contributed by atoms with Gasteiger partial charge in [0.2, 0.25) is 10.0 Å². The second-order valence-corrected chi connectivity index (χ2v) is 7.28. The van der Waals surface area contributed by atoms with E-state index in [-0.39, 0.29) is 5.75 Å². The Morgan fingerprint density at radius 3 is 2.36 bits per heavy atom. The molecule has 0 atom stereocenters. The summed E-state index contributed by atoms with van der Waals surface area (Å²) in [5, 5.41) is 3.20. The minimum atomic E-state index is -3.34. The Hall–Kier alpha value is -2.09. The summed E-state index contributed by atoms with van der Waals surface area (Å²) in [6.45, 7) is 1.39. The van der Waals surface area contributed by atoms with Crippen LogP contribution in [0.5, 0.6) is 11.5 Å². The molecule has 0 aliphatic heterocycles. The van der Waals surface area contributed by atoms with E-state index >= 15 is 0 Å². The highest BCUT2D eigenvalue weighted by molar-refractivity contribution is 7.88. The number of rotatable bonds is 10. The lowest BCUT2D eigenvalue weighted by Crippen LogP contribution is -2.32. The minimum Gasteiger partial charge on any atom is -0.493 e. The molecule has 0 fully saturated rings. The van der Waals surface area contributed by atoms with Gasteiger partial charge < -0.3 is 14.8 Å². The fraction of sp³-hybridized carbons (Fsp3) is 0.333. The van der Waals surface area contributed by atoms with Crippen LogP contribution in [0.15, 0.2) is 48.5 Å². The van der Waals surface area contributed by atoms with Gasteiger partial charge in [-0.25, -0.2) is 13.1 Å². The van der Waals surface area contributed by atoms with Crippen LogP contribution in [0.25, 0.3) is 0 Å². The van der Waals surface area contributed by atoms with E-state index in [0.29, 0.717) is 31.1 Å². The van der Waals surface area contributed by atoms with Gasteiger partial charge >= 0.3 is 0 Å². The molecule has 0 unspecified atom stereocenters. The standard InChI is InChI=1S/C18H24N2O4S/c1-23-17-10-6-9-16(18(17)24-2)13-19-11-12-20-25(21,22)14-15-7-4-3-5-8-15/h3-10,19-20H,11-14H2,1-2H3. The first-order chi connectivity index (χ1) is 12.1. The number of sulfonamides is 1. The average Bonchev–Trinajstić information content (AvgIpc) is 2.61. The number of benzene rings is 2. The highest BCUT2D eigenvalue weighted by Crippen LogP contribution is 2.30. The lowest BCUT2D eigenvalue weighted by molar-refractivity contribution is 0.350. The molecular formula is C18H24N2O4S. The van der Waals surface area contributed by atoms with Crippen LogP contribution >= 0.6 is 0 Å². The summed E-state index contributed by atoms with van der Waals surface area (Å²) in [5.41, 5.74) is 1.72. The molecule has 6 nitrogen and oxygen atoms in total. The van der Waals surface area contributed by atoms with Gasteiger partial charge in [-0.3, -0.25) is 0 Å². The molecular weight excluding hydrogens is 340 g/mol. The smallest absolute Gasteiger partial charge is 0.215 e. The van der Waals surface area contributed by atoms with Crippen molar-refractivity contribution in [2.24, 2.45) is 0 Å². The third-order valence-electron chi connectivity index (χ3n) is 3.62. The van der Waals surface area contributed by atoms with Crippen molar-refractivity contribution in [2.75, 3.05) is 27.3 Å². The number of nitrogens with one attached hydrogen (secondary N) is 2. The van der Waals surface area contributed by atoms with Gasteiger partial charge in [0.15, 0.2) is 11.5 Å². The fourth-order valence-electron chi connectivity index (χ4n) is 2.46. The van der Waals surface area contributed by atoms with Crippen molar-refractivity contribution in [3.8, 4) is 11.5 Å². The topological polar surface area (TPSA) is 76.7 Å². The molecule has 25 heavy (non-hydrogen) atoms. The van der Waals surface area contributed by atoms with Gasteiger partial charge in [0, 0.05) is 25.2 Å². The summed E-state index contributed by atoms with van der Waals surface area (Å²) >= 11 is 0. The van der Waals surface area contributed by atoms with E-state index < -0.39 is 10.0 Å². The van der Waals surface area contributed by atoms with Crippen LogP contribution in [0.4, 0.5) is 0 Å². The zero-order valence-electron chi connectivity index (χ0n) is 14.5. The maximum atomic E-state index is 12.0. The second kappa shape index (κ2) is 9.41. The van der Waals surface area contributed by atoms with Gasteiger partial charge in [0.25, 0.3) is 0 Å². The van der Waals surface area contributed by atoms with Crippen LogP contribution in [0.1, 0.15) is 11.1 Å². The molecule has 0 heterocycles. The van der Waals surface area contributed by atoms with Gasteiger partial charge in [-0.1, -0.05) is 42.5 Å². The Kier molecular flexibility index (Phi) is 7.24. The summed E-state index contributed by atoms with van der Waals surface area (Å²) in [4.78, 5) is 0. The summed E-state index contributed by atoms with van der Waals surface area (Å²) in [6.07, 6.45) is 0. The van der Waals surface area contributed by atoms with Crippen molar-refractivity contribution < 1.29 is 17.9 Å². The van der Waals surface area contributed by atoms with Crippen LogP contribution in [0, 0.1) is 0 Å². The van der Waals surface area contributed by atoms with Crippen LogP contribution in [0.3, 0.4) is 0 Å². The summed E-state index contributed by atoms with van der Waals surface area (Å²) < 4.78 is 37.3. The Morgan fingerprint density at radius 2 is 1.68 bits per heavy atom. The van der Waals surface area contributed by atoms with Crippen molar-refractivity contribution in [3.05, 3.63) is 59.7 Å². The number of hydrogen-bond acceptors (Lipinski definition) is 5. The normalized spacial score (nSPS) is 11.3. The monoisotopic (exact) mass is 364 g/mol. The Balaban J connectivity index is 1.78. The maximum Gasteiger partial charge on any atom is 0.215 e. The number of hydrogen-bond donors (Lipinski definition) is 2. The first kappa shape index (κ1) is 19.2. The minimum absolute atomic E-state index is 0.0163. The number of para-hydroxylation sites is 1. The summed E-state index contributed by atoms with van der Waals surface area (Å²) in [7, 11) is -0.148. The van der Waals surface area contributed by atoms with Gasteiger partial charge in [-0.2, -0.15) is 0 Å². The molecule has 7 heteroatoms. The first-order valence-electron chi connectivity index (χ1n) is 7.97. The Bertz CT molecular complexity index is 764. The highest BCUT2D eigenvalue weighted by atomic mass is 32.2. The van der Waals surface area contributed by atoms with E-state index in [9.17, 15) is 8.42 Å². The van der Waals surface area contributed by atoms with E-state index in [1.807, 2.05) is 36.4 Å². The molecule has 0 radical (unpaired) electrons. The molecule has 2 rings (SSSR count). The maximum absolute atomic E-state index is 12.0. The fourth-order valence-corrected chi connectivity index (χ4v) is 3.60. The van der Waals surface area contributed by atoms with E-state index in [4.69, 9.17) is 9.47 Å². The summed E-state index contributed by atoms with van der Waals surface area (Å²) in [6, 6.07) is 14.8. The largest absolute Gasteiger partial charge is 0.493 e. The zero-order chi connectivity index (χ0) is 18.1. The lowest BCUT2D eigenvalue weighted by atomic mass is 10.2. The van der Waals surface area contributed by atoms with Gasteiger partial charge in [-0.05, 0) is 11.6 Å². The molecule has 0 aliphatic rings. The molecule has 2 N–H and O–H groups in total. The molecule has 2 aromatic carbocycles. The summed E-state index contributed by atoms with van der Waals surface area (Å²) in [5.74, 6) is 1.34. The van der Waals surface area contributed by atoms with Crippen molar-refractivity contribution in [1.29, 1.82) is 0 Å². The van der Waals surface area contributed by atoms with Gasteiger partial charge in [0.05, 0.1) is 20.0 Å². The van der Waals surface area contributed by atoms with E-state index in [1.165, 1.54) is 0 Å². The van der Waals surface area contributed by atoms with Crippen LogP contribution < -0.4 is 19.5 Å². The molecule has 0 aliphatic carbocycles. The predicted molar refractivity (Wildman–Crippen MR) is 98.3 cm³/mol. The van der Waals surface area contributed by atoms with Gasteiger partial charge in [-0.15, -0.1) is 0 Å². The third-order valence-corrected chi connectivity index (χ3v) is 4.98. The van der Waals surface area contributed by atoms with Crippen molar-refractivity contribution in [2.45, 2.75) is 12.3 Å². The first-order valence-corrected chi connectivity index (χ1v) is 9.63. The SMILES string of the molecule is COc1cccc(CNCCNS(=O)(=O)Cc2ccccc2)c1OC. The van der Waals surface area contributed by atoms with E-state index in [2.05, 4.69) is 10.0 Å². The van der Waals surface area contributed by atoms with Crippen LogP contribution in [0.2, 0.25) is 0 Å². The Labute approximate surface area is 149 Å². The number of methoxy groups -OCH3 is 2. The second-order valence-electron chi connectivity index (χ2n) is 5.47. The molecule has 0 spiro atoms. The molecule has 0 amide bonds. The lowest BCUT2D eigenvalue weighted by Gasteiger charge is -2.13. The molecule has 0 aromatic heterocycles. The molecule has 0 bridgehead atoms. The Morgan fingerprint density at radius 1 is 0.920 bits per heavy atom. The zero-order valence-corrected chi connectivity index (χ0v) is 15.3. The van der Waals surface area contributed by atoms with Crippen molar-refractivity contribution in [3.63, 3.8) is 0 Å². The van der Waals surface area contributed by atoms with Gasteiger partial charge in [0.1, 0.15) is 0 Å². The quantitative estimate of drug-likeness (QED) is 0.630. The molecule has 2 aromatic rings. The van der Waals surface area contributed by atoms with E-state index in [1.54, 1.807) is 26.4 Å². The third kappa shape index (κ3) is 6.04. The van der Waals surface area contributed by atoms with Crippen molar-refractivity contribution in [1.82, 2.24) is 10.0 Å². The van der Waals surface area contributed by atoms with Crippen LogP contribution in [-0.2, 0) is 22.3 Å². The number of ether oxygens (including phenoxy) is 2. The molecule has 0 saturated heterocycles. The molecule has 136 valence electrons. The highest BCUT2D eigenvalue weighted by Gasteiger charge is 2.11.